The predicted octanol–water partition coefficient (Wildman–Crippen LogP) is 9.91. The van der Waals surface area contributed by atoms with E-state index in [9.17, 15) is 5.11 Å². The van der Waals surface area contributed by atoms with E-state index in [0.717, 1.165) is 12.8 Å². The normalized spacial score (nSPS) is 21.8. The smallest absolute Gasteiger partial charge is 0.100 e. The Morgan fingerprint density at radius 1 is 0.681 bits per heavy atom. The fraction of sp³-hybridized carbons (Fsp3) is 0.488. The minimum atomic E-state index is -0.954. The van der Waals surface area contributed by atoms with Gasteiger partial charge in [0.15, 0.2) is 0 Å². The largest absolute Gasteiger partial charge is 0.394 e. The van der Waals surface area contributed by atoms with Crippen molar-refractivity contribution >= 4 is 0 Å². The molecule has 2 aliphatic carbocycles. The third-order valence-electron chi connectivity index (χ3n) is 8.73. The van der Waals surface area contributed by atoms with Crippen molar-refractivity contribution < 1.29 is 20.4 Å². The molecule has 0 bridgehead atoms. The molecule has 0 spiro atoms. The quantitative estimate of drug-likeness (QED) is 0.159. The molecule has 0 aromatic heterocycles. The van der Waals surface area contributed by atoms with E-state index in [1.54, 1.807) is 5.57 Å². The van der Waals surface area contributed by atoms with Crippen LogP contribution in [-0.4, -0.2) is 45.8 Å². The summed E-state index contributed by atoms with van der Waals surface area (Å²) < 4.78 is 0. The van der Waals surface area contributed by atoms with Gasteiger partial charge < -0.3 is 20.4 Å². The van der Waals surface area contributed by atoms with Gasteiger partial charge in [0.2, 0.25) is 0 Å². The van der Waals surface area contributed by atoms with Crippen LogP contribution in [0.5, 0.6) is 0 Å². The van der Waals surface area contributed by atoms with Gasteiger partial charge in [-0.2, -0.15) is 0 Å². The zero-order valence-electron chi connectivity index (χ0n) is 31.0. The molecule has 0 saturated heterocycles. The molecule has 2 aliphatic rings. The molecule has 0 aliphatic heterocycles. The van der Waals surface area contributed by atoms with Gasteiger partial charge in [-0.25, -0.2) is 0 Å². The lowest BCUT2D eigenvalue weighted by Crippen LogP contribution is -2.28. The molecule has 0 saturated carbocycles. The van der Waals surface area contributed by atoms with Crippen LogP contribution in [-0.2, 0) is 0 Å². The monoisotopic (exact) mass is 644 g/mol. The molecule has 4 heteroatoms. The fourth-order valence-corrected chi connectivity index (χ4v) is 6.02. The van der Waals surface area contributed by atoms with Gasteiger partial charge in [-0.1, -0.05) is 146 Å². The lowest BCUT2D eigenvalue weighted by atomic mass is 9.71. The lowest BCUT2D eigenvalue weighted by Gasteiger charge is -2.35. The summed E-state index contributed by atoms with van der Waals surface area (Å²) in [4.78, 5) is 0. The minimum Gasteiger partial charge on any atom is -0.394 e. The molecular weight excluding hydrogens is 580 g/mol. The Morgan fingerprint density at radius 2 is 1.11 bits per heavy atom. The van der Waals surface area contributed by atoms with Crippen LogP contribution in [0.3, 0.4) is 0 Å². The van der Waals surface area contributed by atoms with Gasteiger partial charge in [-0.3, -0.25) is 0 Å². The SMILES string of the molecule is CC1=C(/C=C/C(C)=C/C=C/C(C)=C/C=C/C=C(C)/C=C/C=C(C)/C=C/C2=C(C)C[C@@H](O)CC2(C)C)C(C)(C)CCC1.OCC(O)CO. The lowest BCUT2D eigenvalue weighted by molar-refractivity contribution is 0.0450. The van der Waals surface area contributed by atoms with E-state index in [4.69, 9.17) is 15.3 Å². The van der Waals surface area contributed by atoms with Crippen molar-refractivity contribution in [2.75, 3.05) is 13.2 Å². The van der Waals surface area contributed by atoms with Crippen molar-refractivity contribution in [3.63, 3.8) is 0 Å². The molecule has 1 atom stereocenters. The molecule has 0 radical (unpaired) electrons. The molecule has 4 nitrogen and oxygen atoms in total. The number of aliphatic hydroxyl groups excluding tert-OH is 4. The first kappa shape index (κ1) is 42.0. The van der Waals surface area contributed by atoms with Crippen LogP contribution in [0.2, 0.25) is 0 Å². The van der Waals surface area contributed by atoms with E-state index >= 15 is 0 Å². The number of aliphatic hydroxyl groups is 4. The molecule has 4 N–H and O–H groups in total. The maximum Gasteiger partial charge on any atom is 0.100 e. The van der Waals surface area contributed by atoms with E-state index in [-0.39, 0.29) is 30.1 Å². The maximum absolute atomic E-state index is 10.1. The van der Waals surface area contributed by atoms with Crippen LogP contribution in [0.1, 0.15) is 101 Å². The first-order valence-electron chi connectivity index (χ1n) is 17.1. The molecule has 0 aromatic rings. The number of allylic oxidation sites excluding steroid dienone is 21. The summed E-state index contributed by atoms with van der Waals surface area (Å²) in [5.74, 6) is 0. The molecule has 0 heterocycles. The first-order chi connectivity index (χ1) is 22.0. The third-order valence-corrected chi connectivity index (χ3v) is 8.73. The van der Waals surface area contributed by atoms with Crippen molar-refractivity contribution in [2.24, 2.45) is 10.8 Å². The Balaban J connectivity index is 0.00000167. The van der Waals surface area contributed by atoms with Crippen molar-refractivity contribution in [2.45, 2.75) is 114 Å². The summed E-state index contributed by atoms with van der Waals surface area (Å²) in [6.07, 6.45) is 34.6. The fourth-order valence-electron chi connectivity index (χ4n) is 6.02. The van der Waals surface area contributed by atoms with Crippen LogP contribution >= 0.6 is 0 Å². The van der Waals surface area contributed by atoms with Crippen molar-refractivity contribution in [1.29, 1.82) is 0 Å². The predicted molar refractivity (Wildman–Crippen MR) is 203 cm³/mol. The van der Waals surface area contributed by atoms with Crippen LogP contribution in [0, 0.1) is 10.8 Å². The highest BCUT2D eigenvalue weighted by molar-refractivity contribution is 5.39. The second-order valence-corrected chi connectivity index (χ2v) is 14.5. The van der Waals surface area contributed by atoms with Crippen molar-refractivity contribution in [3.8, 4) is 0 Å². The van der Waals surface area contributed by atoms with Gasteiger partial charge in [-0.05, 0) is 95.6 Å². The Bertz CT molecular complexity index is 1340. The Hall–Kier alpha value is -3.02. The highest BCUT2D eigenvalue weighted by Crippen LogP contribution is 2.42. The second kappa shape index (κ2) is 21.1. The number of hydrogen-bond acceptors (Lipinski definition) is 4. The average molecular weight is 645 g/mol. The standard InChI is InChI=1S/C40H56O.C3H8O3/c1-30(18-13-20-32(3)23-25-37-34(5)22-15-27-39(37,7)8)16-11-12-17-31(2)19-14-21-33(4)24-26-38-35(6)28-36(41)29-40(38,9)10;4-1-3(6)2-5/h11-14,16-21,23-26,36,41H,15,22,27-29H2,1-10H3;3-6H,1-2H2/b12-11+,18-13+,19-14+,25-23+,26-24+,30-16+,31-17+,32-20+,33-21+;/t36-;/m1./s1. The van der Waals surface area contributed by atoms with E-state index in [1.165, 1.54) is 58.3 Å². The van der Waals surface area contributed by atoms with E-state index in [0.29, 0.717) is 0 Å². The summed E-state index contributed by atoms with van der Waals surface area (Å²) in [5, 5.41) is 34.1. The zero-order valence-corrected chi connectivity index (χ0v) is 31.0. The molecule has 0 unspecified atom stereocenters. The van der Waals surface area contributed by atoms with Gasteiger partial charge in [0.1, 0.15) is 6.10 Å². The number of rotatable bonds is 12. The zero-order chi connectivity index (χ0) is 35.6. The Kier molecular flexibility index (Phi) is 18.8. The Morgan fingerprint density at radius 3 is 1.51 bits per heavy atom. The number of hydrogen-bond donors (Lipinski definition) is 4. The summed E-state index contributed by atoms with van der Waals surface area (Å²) in [6, 6.07) is 0. The van der Waals surface area contributed by atoms with Crippen LogP contribution in [0.15, 0.2) is 130 Å². The van der Waals surface area contributed by atoms with E-state index in [2.05, 4.69) is 154 Å². The summed E-state index contributed by atoms with van der Waals surface area (Å²) >= 11 is 0. The van der Waals surface area contributed by atoms with Gasteiger partial charge in [-0.15, -0.1) is 0 Å². The molecule has 0 amide bonds. The molecule has 0 aromatic carbocycles. The van der Waals surface area contributed by atoms with E-state index in [1.807, 2.05) is 0 Å². The second-order valence-electron chi connectivity index (χ2n) is 14.5. The average Bonchev–Trinajstić information content (AvgIpc) is 2.97. The van der Waals surface area contributed by atoms with Crippen LogP contribution in [0.4, 0.5) is 0 Å². The highest BCUT2D eigenvalue weighted by atomic mass is 16.3. The Labute approximate surface area is 287 Å². The van der Waals surface area contributed by atoms with Gasteiger partial charge in [0.05, 0.1) is 19.3 Å². The van der Waals surface area contributed by atoms with Gasteiger partial charge >= 0.3 is 0 Å². The van der Waals surface area contributed by atoms with Crippen LogP contribution < -0.4 is 0 Å². The van der Waals surface area contributed by atoms with Crippen molar-refractivity contribution in [3.05, 3.63) is 130 Å². The molecule has 47 heavy (non-hydrogen) atoms. The van der Waals surface area contributed by atoms with E-state index < -0.39 is 6.10 Å². The topological polar surface area (TPSA) is 80.9 Å². The molecular formula is C43H64O4. The summed E-state index contributed by atoms with van der Waals surface area (Å²) in [5.41, 5.74) is 10.9. The highest BCUT2D eigenvalue weighted by Gasteiger charge is 2.31. The molecule has 2 rings (SSSR count). The maximum atomic E-state index is 10.1. The third kappa shape index (κ3) is 16.6. The van der Waals surface area contributed by atoms with Gasteiger partial charge in [0.25, 0.3) is 0 Å². The summed E-state index contributed by atoms with van der Waals surface area (Å²) in [7, 11) is 0. The van der Waals surface area contributed by atoms with Crippen molar-refractivity contribution in [1.82, 2.24) is 0 Å². The minimum absolute atomic E-state index is 0.0128. The van der Waals surface area contributed by atoms with Gasteiger partial charge in [0, 0.05) is 0 Å². The molecule has 260 valence electrons. The van der Waals surface area contributed by atoms with Crippen LogP contribution in [0.25, 0.3) is 0 Å². The first-order valence-corrected chi connectivity index (χ1v) is 17.1. The molecule has 0 fully saturated rings. The summed E-state index contributed by atoms with van der Waals surface area (Å²) in [6.45, 7) is 21.4.